The number of rotatable bonds is 3. The van der Waals surface area contributed by atoms with E-state index in [0.717, 1.165) is 51.4 Å². The number of aliphatic hydroxyl groups excluding tert-OH is 2. The molecule has 5 heteroatoms. The summed E-state index contributed by atoms with van der Waals surface area (Å²) in [4.78, 5) is 24.5. The van der Waals surface area contributed by atoms with Crippen molar-refractivity contribution in [3.63, 3.8) is 0 Å². The molecule has 28 heavy (non-hydrogen) atoms. The molecule has 4 saturated carbocycles. The fourth-order valence-corrected chi connectivity index (χ4v) is 8.29. The zero-order valence-corrected chi connectivity index (χ0v) is 17.5. The molecule has 4 rings (SSSR count). The minimum atomic E-state index is -0.392. The summed E-state index contributed by atoms with van der Waals surface area (Å²) in [7, 11) is 0. The molecule has 0 aliphatic heterocycles. The van der Waals surface area contributed by atoms with Gasteiger partial charge in [0, 0.05) is 18.8 Å². The van der Waals surface area contributed by atoms with Crippen molar-refractivity contribution in [2.24, 2.45) is 40.4 Å². The molecule has 0 saturated heterocycles. The average molecular weight is 393 g/mol. The Kier molecular flexibility index (Phi) is 5.15. The van der Waals surface area contributed by atoms with Crippen molar-refractivity contribution in [2.45, 2.75) is 84.3 Å². The van der Waals surface area contributed by atoms with Gasteiger partial charge in [-0.25, -0.2) is 0 Å². The molecule has 0 radical (unpaired) electrons. The van der Waals surface area contributed by atoms with Gasteiger partial charge in [-0.3, -0.25) is 9.59 Å². The summed E-state index contributed by atoms with van der Waals surface area (Å²) in [5.74, 6) is 1.28. The van der Waals surface area contributed by atoms with Crippen LogP contribution in [-0.2, 0) is 14.3 Å². The quantitative estimate of drug-likeness (QED) is 0.721. The van der Waals surface area contributed by atoms with E-state index in [0.29, 0.717) is 23.7 Å². The molecule has 9 atom stereocenters. The van der Waals surface area contributed by atoms with E-state index in [9.17, 15) is 19.8 Å². The number of hydrogen-bond donors (Lipinski definition) is 2. The maximum atomic E-state index is 12.5. The van der Waals surface area contributed by atoms with Crippen molar-refractivity contribution in [3.8, 4) is 0 Å². The van der Waals surface area contributed by atoms with Crippen molar-refractivity contribution in [2.75, 3.05) is 6.61 Å². The number of Topliss-reactive ketones (excluding diaryl/α,β-unsaturated/α-hetero) is 1. The summed E-state index contributed by atoms with van der Waals surface area (Å²) >= 11 is 0. The minimum absolute atomic E-state index is 0.0503. The van der Waals surface area contributed by atoms with Gasteiger partial charge >= 0.3 is 5.97 Å². The Morgan fingerprint density at radius 1 is 1.07 bits per heavy atom. The van der Waals surface area contributed by atoms with Crippen molar-refractivity contribution in [3.05, 3.63) is 0 Å². The first-order valence-electron chi connectivity index (χ1n) is 11.2. The molecule has 5 nitrogen and oxygen atoms in total. The predicted molar refractivity (Wildman–Crippen MR) is 104 cm³/mol. The molecule has 4 fully saturated rings. The van der Waals surface area contributed by atoms with E-state index >= 15 is 0 Å². The molecule has 0 aromatic rings. The highest BCUT2D eigenvalue weighted by Gasteiger charge is 2.64. The molecular formula is C23H36O5. The van der Waals surface area contributed by atoms with E-state index in [1.807, 2.05) is 0 Å². The van der Waals surface area contributed by atoms with Gasteiger partial charge < -0.3 is 14.9 Å². The monoisotopic (exact) mass is 392 g/mol. The van der Waals surface area contributed by atoms with E-state index in [-0.39, 0.29) is 40.7 Å². The van der Waals surface area contributed by atoms with Crippen LogP contribution in [0.3, 0.4) is 0 Å². The summed E-state index contributed by atoms with van der Waals surface area (Å²) in [5, 5.41) is 19.7. The number of carbonyl (C=O) groups is 2. The van der Waals surface area contributed by atoms with Gasteiger partial charge in [0.15, 0.2) is 5.78 Å². The van der Waals surface area contributed by atoms with Crippen molar-refractivity contribution in [1.29, 1.82) is 0 Å². The van der Waals surface area contributed by atoms with Crippen molar-refractivity contribution < 1.29 is 24.5 Å². The maximum absolute atomic E-state index is 12.5. The van der Waals surface area contributed by atoms with E-state index in [1.165, 1.54) is 6.92 Å². The third-order valence-corrected chi connectivity index (χ3v) is 9.41. The summed E-state index contributed by atoms with van der Waals surface area (Å²) in [5.41, 5.74) is -0.110. The van der Waals surface area contributed by atoms with Gasteiger partial charge in [0.25, 0.3) is 0 Å². The first-order valence-corrected chi connectivity index (χ1v) is 11.2. The Hall–Kier alpha value is -0.940. The van der Waals surface area contributed by atoms with Crippen LogP contribution in [0.5, 0.6) is 0 Å². The van der Waals surface area contributed by atoms with Crippen molar-refractivity contribution in [1.82, 2.24) is 0 Å². The normalized spacial score (nSPS) is 50.2. The van der Waals surface area contributed by atoms with Crippen LogP contribution in [-0.4, -0.2) is 40.8 Å². The summed E-state index contributed by atoms with van der Waals surface area (Å²) in [6, 6.07) is 0. The van der Waals surface area contributed by atoms with Gasteiger partial charge in [-0.2, -0.15) is 0 Å². The summed E-state index contributed by atoms with van der Waals surface area (Å²) < 4.78 is 5.96. The molecule has 4 aliphatic rings. The Morgan fingerprint density at radius 3 is 2.50 bits per heavy atom. The highest BCUT2D eigenvalue weighted by molar-refractivity contribution is 5.83. The molecule has 0 amide bonds. The van der Waals surface area contributed by atoms with Gasteiger partial charge in [0.1, 0.15) is 12.7 Å². The van der Waals surface area contributed by atoms with Crippen LogP contribution in [0.2, 0.25) is 0 Å². The standard InChI is InChI=1S/C23H36O5/c1-13(25)28-20-11-23(3)17(6-7-18(23)19(27)12-24)16-5-4-14-10-15(26)8-9-22(14,2)21(16)20/h14-18,20-21,24,26H,4-12H2,1-3H3/t14-,15+,16-,17-,18?,20-,21+,22-,23-/m0/s1. The molecule has 0 spiro atoms. The van der Waals surface area contributed by atoms with Crippen LogP contribution in [0.25, 0.3) is 0 Å². The number of carbonyl (C=O) groups excluding carboxylic acids is 2. The number of fused-ring (bicyclic) bond motifs is 5. The zero-order valence-electron chi connectivity index (χ0n) is 17.5. The zero-order chi connectivity index (χ0) is 20.3. The Labute approximate surface area is 168 Å². The minimum Gasteiger partial charge on any atom is -0.462 e. The number of hydrogen-bond acceptors (Lipinski definition) is 5. The van der Waals surface area contributed by atoms with E-state index in [1.54, 1.807) is 0 Å². The van der Waals surface area contributed by atoms with Gasteiger partial charge in [0.05, 0.1) is 6.10 Å². The third-order valence-electron chi connectivity index (χ3n) is 9.41. The molecular weight excluding hydrogens is 356 g/mol. The molecule has 1 unspecified atom stereocenters. The van der Waals surface area contributed by atoms with Crippen LogP contribution in [0.4, 0.5) is 0 Å². The summed E-state index contributed by atoms with van der Waals surface area (Å²) in [6.45, 7) is 5.66. The molecule has 0 heterocycles. The van der Waals surface area contributed by atoms with Gasteiger partial charge in [-0.1, -0.05) is 13.8 Å². The lowest BCUT2D eigenvalue weighted by Gasteiger charge is -2.62. The van der Waals surface area contributed by atoms with Crippen LogP contribution in [0.15, 0.2) is 0 Å². The van der Waals surface area contributed by atoms with Crippen LogP contribution < -0.4 is 0 Å². The highest BCUT2D eigenvalue weighted by Crippen LogP contribution is 2.68. The smallest absolute Gasteiger partial charge is 0.302 e. The number of esters is 1. The Bertz CT molecular complexity index is 647. The molecule has 0 aromatic heterocycles. The van der Waals surface area contributed by atoms with Crippen molar-refractivity contribution >= 4 is 11.8 Å². The van der Waals surface area contributed by atoms with E-state index < -0.39 is 6.61 Å². The third kappa shape index (κ3) is 2.96. The predicted octanol–water partition coefficient (Wildman–Crippen LogP) is 3.11. The molecule has 0 aromatic carbocycles. The maximum Gasteiger partial charge on any atom is 0.302 e. The van der Waals surface area contributed by atoms with Gasteiger partial charge in [0.2, 0.25) is 0 Å². The lowest BCUT2D eigenvalue weighted by Crippen LogP contribution is -2.60. The van der Waals surface area contributed by atoms with E-state index in [2.05, 4.69) is 13.8 Å². The largest absolute Gasteiger partial charge is 0.462 e. The molecule has 4 aliphatic carbocycles. The fraction of sp³-hybridized carbons (Fsp3) is 0.913. The molecule has 2 N–H and O–H groups in total. The lowest BCUT2D eigenvalue weighted by molar-refractivity contribution is -0.197. The Morgan fingerprint density at radius 2 is 1.82 bits per heavy atom. The van der Waals surface area contributed by atoms with Gasteiger partial charge in [-0.15, -0.1) is 0 Å². The molecule has 0 bridgehead atoms. The van der Waals surface area contributed by atoms with Crippen LogP contribution >= 0.6 is 0 Å². The highest BCUT2D eigenvalue weighted by atomic mass is 16.5. The van der Waals surface area contributed by atoms with Crippen LogP contribution in [0, 0.1) is 40.4 Å². The second kappa shape index (κ2) is 7.09. The first-order chi connectivity index (χ1) is 13.2. The Balaban J connectivity index is 1.71. The first kappa shape index (κ1) is 20.3. The second-order valence-electron chi connectivity index (χ2n) is 10.6. The topological polar surface area (TPSA) is 83.8 Å². The summed E-state index contributed by atoms with van der Waals surface area (Å²) in [6.07, 6.45) is 7.12. The fourth-order valence-electron chi connectivity index (χ4n) is 8.29. The van der Waals surface area contributed by atoms with Gasteiger partial charge in [-0.05, 0) is 80.0 Å². The second-order valence-corrected chi connectivity index (χ2v) is 10.6. The lowest BCUT2D eigenvalue weighted by atomic mass is 9.43. The number of ether oxygens (including phenoxy) is 1. The van der Waals surface area contributed by atoms with E-state index in [4.69, 9.17) is 4.74 Å². The average Bonchev–Trinajstić information content (AvgIpc) is 2.97. The number of ketones is 1. The number of aliphatic hydroxyl groups is 2. The molecule has 158 valence electrons. The van der Waals surface area contributed by atoms with Crippen LogP contribution in [0.1, 0.15) is 72.1 Å². The SMILES string of the molecule is CC(=O)O[C@H]1C[C@]2(C)C(C(=O)CO)CC[C@H]2[C@@H]2CC[C@H]3C[C@H](O)CC[C@]3(C)[C@H]21.